The van der Waals surface area contributed by atoms with Gasteiger partial charge in [0.15, 0.2) is 6.10 Å². The Morgan fingerprint density at radius 2 is 2.11 bits per heavy atom. The van der Waals surface area contributed by atoms with Crippen LogP contribution in [0.4, 0.5) is 0 Å². The fourth-order valence-corrected chi connectivity index (χ4v) is 1.60. The smallest absolute Gasteiger partial charge is 0.305 e. The van der Waals surface area contributed by atoms with E-state index in [9.17, 15) is 9.59 Å². The zero-order valence-electron chi connectivity index (χ0n) is 10.6. The molecule has 6 heteroatoms. The minimum absolute atomic E-state index is 0.0799. The van der Waals surface area contributed by atoms with Crippen molar-refractivity contribution in [3.63, 3.8) is 0 Å². The van der Waals surface area contributed by atoms with E-state index in [4.69, 9.17) is 21.4 Å². The van der Waals surface area contributed by atoms with E-state index in [-0.39, 0.29) is 18.9 Å². The second-order valence-corrected chi connectivity index (χ2v) is 4.29. The standard InChI is InChI=1S/C13H16ClNO4/c1-2-10(13(18)15-8-7-12(16)17)19-11-6-4-3-5-9(11)14/h3-6,10H,2,7-8H2,1H3,(H,15,18)(H,16,17). The van der Waals surface area contributed by atoms with E-state index in [0.717, 1.165) is 0 Å². The van der Waals surface area contributed by atoms with Gasteiger partial charge in [0, 0.05) is 6.54 Å². The molecule has 0 aliphatic heterocycles. The number of hydrogen-bond acceptors (Lipinski definition) is 3. The third kappa shape index (κ3) is 5.18. The summed E-state index contributed by atoms with van der Waals surface area (Å²) in [6.45, 7) is 1.88. The second-order valence-electron chi connectivity index (χ2n) is 3.88. The number of halogens is 1. The number of carboxylic acid groups (broad SMARTS) is 1. The Morgan fingerprint density at radius 1 is 1.42 bits per heavy atom. The van der Waals surface area contributed by atoms with Gasteiger partial charge in [-0.2, -0.15) is 0 Å². The molecule has 0 spiro atoms. The van der Waals surface area contributed by atoms with Crippen molar-refractivity contribution in [3.8, 4) is 5.75 Å². The molecule has 1 aromatic carbocycles. The molecule has 0 radical (unpaired) electrons. The number of carboxylic acids is 1. The van der Waals surface area contributed by atoms with Crippen molar-refractivity contribution in [3.05, 3.63) is 29.3 Å². The highest BCUT2D eigenvalue weighted by Crippen LogP contribution is 2.24. The number of carbonyl (C=O) groups excluding carboxylic acids is 1. The van der Waals surface area contributed by atoms with Gasteiger partial charge in [-0.05, 0) is 18.6 Å². The summed E-state index contributed by atoms with van der Waals surface area (Å²) < 4.78 is 5.52. The van der Waals surface area contributed by atoms with Crippen LogP contribution in [0.5, 0.6) is 5.75 Å². The molecule has 0 saturated heterocycles. The van der Waals surface area contributed by atoms with Gasteiger partial charge in [0.2, 0.25) is 0 Å². The summed E-state index contributed by atoms with van der Waals surface area (Å²) in [5.41, 5.74) is 0. The van der Waals surface area contributed by atoms with Crippen molar-refractivity contribution in [2.24, 2.45) is 0 Å². The van der Waals surface area contributed by atoms with Crippen molar-refractivity contribution in [1.29, 1.82) is 0 Å². The first kappa shape index (κ1) is 15.3. The minimum Gasteiger partial charge on any atom is -0.481 e. The van der Waals surface area contributed by atoms with Crippen LogP contribution < -0.4 is 10.1 Å². The van der Waals surface area contributed by atoms with Gasteiger partial charge in [0.25, 0.3) is 5.91 Å². The molecule has 0 saturated carbocycles. The van der Waals surface area contributed by atoms with Crippen LogP contribution in [-0.4, -0.2) is 29.6 Å². The lowest BCUT2D eigenvalue weighted by molar-refractivity contribution is -0.137. The van der Waals surface area contributed by atoms with Crippen molar-refractivity contribution in [2.45, 2.75) is 25.9 Å². The average molecular weight is 286 g/mol. The van der Waals surface area contributed by atoms with Gasteiger partial charge in [-0.25, -0.2) is 0 Å². The van der Waals surface area contributed by atoms with Crippen molar-refractivity contribution in [2.75, 3.05) is 6.54 Å². The van der Waals surface area contributed by atoms with Crippen LogP contribution in [0.3, 0.4) is 0 Å². The Labute approximate surface area is 116 Å². The van der Waals surface area contributed by atoms with E-state index in [1.807, 2.05) is 0 Å². The van der Waals surface area contributed by atoms with Gasteiger partial charge in [-0.1, -0.05) is 30.7 Å². The van der Waals surface area contributed by atoms with E-state index >= 15 is 0 Å². The number of ether oxygens (including phenoxy) is 1. The summed E-state index contributed by atoms with van der Waals surface area (Å²) in [6, 6.07) is 6.88. The number of amides is 1. The molecule has 1 unspecified atom stereocenters. The summed E-state index contributed by atoms with van der Waals surface area (Å²) in [5, 5.41) is 11.4. The molecule has 5 nitrogen and oxygen atoms in total. The summed E-state index contributed by atoms with van der Waals surface area (Å²) in [6.07, 6.45) is -0.341. The van der Waals surface area contributed by atoms with E-state index < -0.39 is 12.1 Å². The highest BCUT2D eigenvalue weighted by atomic mass is 35.5. The summed E-state index contributed by atoms with van der Waals surface area (Å²) in [4.78, 5) is 22.2. The molecule has 0 fully saturated rings. The maximum absolute atomic E-state index is 11.8. The first-order chi connectivity index (χ1) is 9.04. The Hall–Kier alpha value is -1.75. The minimum atomic E-state index is -0.958. The highest BCUT2D eigenvalue weighted by molar-refractivity contribution is 6.32. The molecule has 1 amide bonds. The zero-order chi connectivity index (χ0) is 14.3. The fraction of sp³-hybridized carbons (Fsp3) is 0.385. The topological polar surface area (TPSA) is 75.6 Å². The predicted molar refractivity (Wildman–Crippen MR) is 71.4 cm³/mol. The second kappa shape index (κ2) is 7.63. The largest absolute Gasteiger partial charge is 0.481 e. The van der Waals surface area contributed by atoms with E-state index in [1.54, 1.807) is 31.2 Å². The number of hydrogen-bond donors (Lipinski definition) is 2. The first-order valence-electron chi connectivity index (χ1n) is 5.95. The molecule has 19 heavy (non-hydrogen) atoms. The Morgan fingerprint density at radius 3 is 2.68 bits per heavy atom. The predicted octanol–water partition coefficient (Wildman–Crippen LogP) is 2.09. The molecule has 0 aliphatic rings. The van der Waals surface area contributed by atoms with E-state index in [2.05, 4.69) is 5.32 Å². The quantitative estimate of drug-likeness (QED) is 0.804. The van der Waals surface area contributed by atoms with Crippen molar-refractivity contribution in [1.82, 2.24) is 5.32 Å². The number of carbonyl (C=O) groups is 2. The van der Waals surface area contributed by atoms with E-state index in [0.29, 0.717) is 17.2 Å². The molecule has 0 heterocycles. The lowest BCUT2D eigenvalue weighted by Crippen LogP contribution is -2.38. The normalized spacial score (nSPS) is 11.7. The number of para-hydroxylation sites is 1. The Bertz CT molecular complexity index is 450. The molecule has 0 aliphatic carbocycles. The average Bonchev–Trinajstić information content (AvgIpc) is 2.37. The van der Waals surface area contributed by atoms with Crippen LogP contribution in [0.1, 0.15) is 19.8 Å². The molecule has 1 atom stereocenters. The van der Waals surface area contributed by atoms with Crippen molar-refractivity contribution < 1.29 is 19.4 Å². The molecular weight excluding hydrogens is 270 g/mol. The zero-order valence-corrected chi connectivity index (χ0v) is 11.3. The van der Waals surface area contributed by atoms with Crippen LogP contribution in [-0.2, 0) is 9.59 Å². The maximum atomic E-state index is 11.8. The van der Waals surface area contributed by atoms with Crippen LogP contribution in [0.15, 0.2) is 24.3 Å². The number of rotatable bonds is 7. The number of benzene rings is 1. The molecule has 1 rings (SSSR count). The van der Waals surface area contributed by atoms with Gasteiger partial charge in [-0.15, -0.1) is 0 Å². The Kier molecular flexibility index (Phi) is 6.15. The van der Waals surface area contributed by atoms with Gasteiger partial charge >= 0.3 is 5.97 Å². The lowest BCUT2D eigenvalue weighted by atomic mass is 10.2. The fourth-order valence-electron chi connectivity index (χ4n) is 1.42. The van der Waals surface area contributed by atoms with Crippen LogP contribution in [0.25, 0.3) is 0 Å². The summed E-state index contributed by atoms with van der Waals surface area (Å²) in [5.74, 6) is -0.867. The molecule has 2 N–H and O–H groups in total. The molecule has 104 valence electrons. The number of nitrogens with one attached hydrogen (secondary N) is 1. The molecule has 1 aromatic rings. The number of aliphatic carboxylic acids is 1. The van der Waals surface area contributed by atoms with Crippen molar-refractivity contribution >= 4 is 23.5 Å². The summed E-state index contributed by atoms with van der Waals surface area (Å²) in [7, 11) is 0. The first-order valence-corrected chi connectivity index (χ1v) is 6.33. The van der Waals surface area contributed by atoms with Gasteiger partial charge < -0.3 is 15.2 Å². The van der Waals surface area contributed by atoms with Gasteiger partial charge in [0.05, 0.1) is 11.4 Å². The van der Waals surface area contributed by atoms with Crippen LogP contribution in [0.2, 0.25) is 5.02 Å². The summed E-state index contributed by atoms with van der Waals surface area (Å²) >= 11 is 5.94. The molecule has 0 bridgehead atoms. The SMILES string of the molecule is CCC(Oc1ccccc1Cl)C(=O)NCCC(=O)O. The highest BCUT2D eigenvalue weighted by Gasteiger charge is 2.19. The lowest BCUT2D eigenvalue weighted by Gasteiger charge is -2.17. The van der Waals surface area contributed by atoms with E-state index in [1.165, 1.54) is 0 Å². The third-order valence-corrected chi connectivity index (χ3v) is 2.72. The van der Waals surface area contributed by atoms with Gasteiger partial charge in [0.1, 0.15) is 5.75 Å². The van der Waals surface area contributed by atoms with Crippen LogP contribution in [0, 0.1) is 0 Å². The van der Waals surface area contributed by atoms with Crippen LogP contribution >= 0.6 is 11.6 Å². The Balaban J connectivity index is 2.55. The molecule has 0 aromatic heterocycles. The monoisotopic (exact) mass is 285 g/mol. The molecular formula is C13H16ClNO4. The third-order valence-electron chi connectivity index (χ3n) is 2.41. The maximum Gasteiger partial charge on any atom is 0.305 e. The van der Waals surface area contributed by atoms with Gasteiger partial charge in [-0.3, -0.25) is 9.59 Å².